The number of allylic oxidation sites excluding steroid dienone is 10. The lowest BCUT2D eigenvalue weighted by atomic mass is 10.0. The van der Waals surface area contributed by atoms with Gasteiger partial charge in [-0.25, -0.2) is 0 Å². The van der Waals surface area contributed by atoms with E-state index in [1.807, 2.05) is 51.2 Å². The maximum absolute atomic E-state index is 12.6. The summed E-state index contributed by atoms with van der Waals surface area (Å²) in [5.41, 5.74) is 6.43. The number of carbonyl (C=O) groups excluding carboxylic acids is 3. The molecule has 0 atom stereocenters. The third-order valence-electron chi connectivity index (χ3n) is 8.80. The zero-order valence-corrected chi connectivity index (χ0v) is 31.2. The standard InChI is InChI=1S/C43H59N5O3/c1-5-6-7-8-9-10-11-12-13-14-15-16-17-18-19-20-21-26-41(49)44-29-31-48(4)32-30-45-42(50)28-27-36-34(2)40(46-35(36)3)33-38-37-24-22-23-25-39(37)47-43(38)51/h6-7,9-10,12-13,15-16,18-19,22-25,33,46H,5,8,11,14,17,20-21,26-32H2,1-4H3,(H,44,49)(H,45,50)(H,47,51)/b7-6-,10-9-,13-12-,16-15-,19-18-,38-33-. The van der Waals surface area contributed by atoms with Crippen molar-refractivity contribution in [1.29, 1.82) is 0 Å². The van der Waals surface area contributed by atoms with Crippen LogP contribution >= 0.6 is 0 Å². The molecule has 3 amide bonds. The Morgan fingerprint density at radius 1 is 0.784 bits per heavy atom. The summed E-state index contributed by atoms with van der Waals surface area (Å²) in [5.74, 6) is -0.0209. The summed E-state index contributed by atoms with van der Waals surface area (Å²) in [6, 6.07) is 7.68. The number of benzene rings is 1. The van der Waals surface area contributed by atoms with Gasteiger partial charge in [-0.05, 0) is 95.5 Å². The number of fused-ring (bicyclic) bond motifs is 1. The molecule has 0 saturated heterocycles. The number of unbranched alkanes of at least 4 members (excludes halogenated alkanes) is 1. The van der Waals surface area contributed by atoms with E-state index < -0.39 is 0 Å². The maximum Gasteiger partial charge on any atom is 0.256 e. The van der Waals surface area contributed by atoms with Crippen molar-refractivity contribution >= 4 is 35.1 Å². The number of H-pyrrole nitrogens is 1. The van der Waals surface area contributed by atoms with Crippen LogP contribution in [-0.2, 0) is 20.8 Å². The van der Waals surface area contributed by atoms with Gasteiger partial charge in [-0.3, -0.25) is 14.4 Å². The topological polar surface area (TPSA) is 106 Å². The SMILES string of the molecule is CC/C=C\C/C=C\C/C=C\C/C=C\C/C=C\CCCC(=O)NCCN(C)CCNC(=O)CCc1c(C)[nH]c(/C=C2\C(=O)Nc3ccccc32)c1C. The van der Waals surface area contributed by atoms with Crippen molar-refractivity contribution in [3.63, 3.8) is 0 Å². The fourth-order valence-electron chi connectivity index (χ4n) is 5.81. The lowest BCUT2D eigenvalue weighted by Crippen LogP contribution is -2.37. The maximum atomic E-state index is 12.6. The van der Waals surface area contributed by atoms with E-state index in [2.05, 4.69) is 93.5 Å². The van der Waals surface area contributed by atoms with E-state index in [9.17, 15) is 14.4 Å². The minimum absolute atomic E-state index is 0.00761. The molecule has 0 spiro atoms. The summed E-state index contributed by atoms with van der Waals surface area (Å²) in [5, 5.41) is 8.94. The van der Waals surface area contributed by atoms with Crippen LogP contribution in [-0.4, -0.2) is 60.8 Å². The molecule has 4 N–H and O–H groups in total. The number of aromatic amines is 1. The first-order chi connectivity index (χ1) is 24.8. The third kappa shape index (κ3) is 15.4. The molecule has 0 saturated carbocycles. The van der Waals surface area contributed by atoms with Crippen molar-refractivity contribution in [2.45, 2.75) is 85.0 Å². The summed E-state index contributed by atoms with van der Waals surface area (Å²) in [6.07, 6.45) is 32.0. The van der Waals surface area contributed by atoms with Gasteiger partial charge in [0.2, 0.25) is 11.8 Å². The van der Waals surface area contributed by atoms with Gasteiger partial charge < -0.3 is 25.8 Å². The molecule has 1 aromatic carbocycles. The Labute approximate surface area is 305 Å². The van der Waals surface area contributed by atoms with Crippen molar-refractivity contribution in [1.82, 2.24) is 20.5 Å². The Morgan fingerprint density at radius 3 is 1.98 bits per heavy atom. The highest BCUT2D eigenvalue weighted by Gasteiger charge is 2.24. The van der Waals surface area contributed by atoms with E-state index in [1.165, 1.54) is 0 Å². The number of rotatable bonds is 23. The molecule has 3 rings (SSSR count). The second-order valence-corrected chi connectivity index (χ2v) is 12.9. The number of aryl methyl sites for hydroxylation is 1. The van der Waals surface area contributed by atoms with E-state index >= 15 is 0 Å². The quantitative estimate of drug-likeness (QED) is 0.0536. The van der Waals surface area contributed by atoms with E-state index in [0.29, 0.717) is 44.5 Å². The lowest BCUT2D eigenvalue weighted by molar-refractivity contribution is -0.121. The van der Waals surface area contributed by atoms with Crippen LogP contribution in [0.15, 0.2) is 85.0 Å². The molecule has 1 aliphatic rings. The number of amides is 3. The van der Waals surface area contributed by atoms with Gasteiger partial charge in [-0.2, -0.15) is 0 Å². The zero-order chi connectivity index (χ0) is 36.7. The molecule has 1 aromatic heterocycles. The van der Waals surface area contributed by atoms with Gasteiger partial charge in [-0.15, -0.1) is 0 Å². The van der Waals surface area contributed by atoms with Crippen LogP contribution in [0.4, 0.5) is 5.69 Å². The van der Waals surface area contributed by atoms with Gasteiger partial charge in [0.1, 0.15) is 0 Å². The van der Waals surface area contributed by atoms with Crippen LogP contribution in [0.5, 0.6) is 0 Å². The van der Waals surface area contributed by atoms with Gasteiger partial charge in [-0.1, -0.05) is 85.9 Å². The van der Waals surface area contributed by atoms with Crippen molar-refractivity contribution in [2.75, 3.05) is 38.5 Å². The van der Waals surface area contributed by atoms with Crippen molar-refractivity contribution in [2.24, 2.45) is 0 Å². The number of carbonyl (C=O) groups is 3. The van der Waals surface area contributed by atoms with Crippen LogP contribution in [0.25, 0.3) is 11.6 Å². The monoisotopic (exact) mass is 693 g/mol. The molecular formula is C43H59N5O3. The second-order valence-electron chi connectivity index (χ2n) is 12.9. The lowest BCUT2D eigenvalue weighted by Gasteiger charge is -2.17. The molecule has 0 aliphatic carbocycles. The van der Waals surface area contributed by atoms with E-state index in [0.717, 1.165) is 85.3 Å². The molecule has 51 heavy (non-hydrogen) atoms. The van der Waals surface area contributed by atoms with Crippen LogP contribution in [0.3, 0.4) is 0 Å². The molecule has 0 bridgehead atoms. The largest absolute Gasteiger partial charge is 0.359 e. The van der Waals surface area contributed by atoms with E-state index in [-0.39, 0.29) is 17.7 Å². The van der Waals surface area contributed by atoms with E-state index in [4.69, 9.17) is 0 Å². The fourth-order valence-corrected chi connectivity index (χ4v) is 5.81. The highest BCUT2D eigenvalue weighted by atomic mass is 16.2. The smallest absolute Gasteiger partial charge is 0.256 e. The Hall–Kier alpha value is -4.69. The van der Waals surface area contributed by atoms with Crippen LogP contribution in [0.2, 0.25) is 0 Å². The number of nitrogens with zero attached hydrogens (tertiary/aromatic N) is 1. The average molecular weight is 694 g/mol. The molecule has 2 heterocycles. The summed E-state index contributed by atoms with van der Waals surface area (Å²) in [4.78, 5) is 42.9. The van der Waals surface area contributed by atoms with Crippen LogP contribution in [0, 0.1) is 13.8 Å². The van der Waals surface area contributed by atoms with Gasteiger partial charge >= 0.3 is 0 Å². The number of hydrogen-bond acceptors (Lipinski definition) is 4. The summed E-state index contributed by atoms with van der Waals surface area (Å²) in [6.45, 7) is 8.74. The van der Waals surface area contributed by atoms with Gasteiger partial charge in [0.15, 0.2) is 0 Å². The molecule has 8 nitrogen and oxygen atoms in total. The number of aromatic nitrogens is 1. The third-order valence-corrected chi connectivity index (χ3v) is 8.80. The fraction of sp³-hybridized carbons (Fsp3) is 0.419. The molecule has 0 unspecified atom stereocenters. The Kier molecular flexibility index (Phi) is 18.9. The van der Waals surface area contributed by atoms with Gasteiger partial charge in [0.05, 0.1) is 5.57 Å². The first kappa shape index (κ1) is 40.7. The predicted octanol–water partition coefficient (Wildman–Crippen LogP) is 8.14. The number of likely N-dealkylation sites (N-methyl/N-ethyl adjacent to an activating group) is 1. The van der Waals surface area contributed by atoms with Crippen LogP contribution in [0.1, 0.15) is 92.8 Å². The summed E-state index contributed by atoms with van der Waals surface area (Å²) < 4.78 is 0. The molecule has 2 aromatic rings. The van der Waals surface area contributed by atoms with Gasteiger partial charge in [0.25, 0.3) is 5.91 Å². The highest BCUT2D eigenvalue weighted by Crippen LogP contribution is 2.33. The van der Waals surface area contributed by atoms with Crippen molar-refractivity contribution in [3.8, 4) is 0 Å². The highest BCUT2D eigenvalue weighted by molar-refractivity contribution is 6.34. The number of nitrogens with one attached hydrogen (secondary N) is 4. The number of para-hydroxylation sites is 1. The van der Waals surface area contributed by atoms with Crippen molar-refractivity contribution < 1.29 is 14.4 Å². The molecule has 8 heteroatoms. The van der Waals surface area contributed by atoms with E-state index in [1.54, 1.807) is 0 Å². The summed E-state index contributed by atoms with van der Waals surface area (Å²) in [7, 11) is 1.99. The number of hydrogen-bond donors (Lipinski definition) is 4. The molecule has 274 valence electrons. The number of anilines is 1. The average Bonchev–Trinajstić information content (AvgIpc) is 3.57. The Balaban J connectivity index is 1.20. The normalized spacial score (nSPS) is 14.0. The van der Waals surface area contributed by atoms with Crippen LogP contribution < -0.4 is 16.0 Å². The first-order valence-corrected chi connectivity index (χ1v) is 18.6. The predicted molar refractivity (Wildman–Crippen MR) is 213 cm³/mol. The van der Waals surface area contributed by atoms with Crippen molar-refractivity contribution in [3.05, 3.63) is 113 Å². The summed E-state index contributed by atoms with van der Waals surface area (Å²) >= 11 is 0. The minimum Gasteiger partial charge on any atom is -0.359 e. The van der Waals surface area contributed by atoms with Gasteiger partial charge in [0, 0.05) is 61.7 Å². The molecular weight excluding hydrogens is 635 g/mol. The Morgan fingerprint density at radius 2 is 1.35 bits per heavy atom. The first-order valence-electron chi connectivity index (χ1n) is 18.6. The minimum atomic E-state index is -0.107. The Bertz CT molecular complexity index is 1590. The molecule has 0 fully saturated rings. The zero-order valence-electron chi connectivity index (χ0n) is 31.2. The molecule has 1 aliphatic heterocycles. The molecule has 0 radical (unpaired) electrons. The second kappa shape index (κ2) is 23.7.